The van der Waals surface area contributed by atoms with Gasteiger partial charge in [0.15, 0.2) is 0 Å². The molecule has 3 aromatic rings. The Morgan fingerprint density at radius 2 is 2.00 bits per heavy atom. The first kappa shape index (κ1) is 12.6. The second-order valence-electron chi connectivity index (χ2n) is 4.17. The highest BCUT2D eigenvalue weighted by molar-refractivity contribution is 7.07. The molecule has 1 N–H and O–H groups in total. The van der Waals surface area contributed by atoms with Crippen molar-refractivity contribution in [1.29, 1.82) is 0 Å². The van der Waals surface area contributed by atoms with Crippen LogP contribution in [0.4, 0.5) is 0 Å². The van der Waals surface area contributed by atoms with Gasteiger partial charge in [0.25, 0.3) is 0 Å². The Bertz CT molecular complexity index is 764. The monoisotopic (exact) mass is 282 g/mol. The summed E-state index contributed by atoms with van der Waals surface area (Å²) in [5, 5.41) is 6.61. The van der Waals surface area contributed by atoms with Gasteiger partial charge >= 0.3 is 0 Å². The molecule has 0 aliphatic carbocycles. The third kappa shape index (κ3) is 2.48. The van der Waals surface area contributed by atoms with E-state index in [1.54, 1.807) is 24.6 Å². The molecule has 3 rings (SSSR count). The van der Waals surface area contributed by atoms with Crippen LogP contribution in [0, 0.1) is 0 Å². The van der Waals surface area contributed by atoms with Crippen LogP contribution in [0.2, 0.25) is 0 Å². The van der Waals surface area contributed by atoms with Crippen LogP contribution in [0.15, 0.2) is 64.1 Å². The first-order valence-corrected chi connectivity index (χ1v) is 7.13. The number of nitrogens with zero attached hydrogens (tertiary/aromatic N) is 3. The third-order valence-electron chi connectivity index (χ3n) is 2.88. The SMILES string of the molecule is CN=c1scc(-c2ccccc2)n1N=Cc1ccc[nH]1. The lowest BCUT2D eigenvalue weighted by molar-refractivity contribution is 0.848. The zero-order chi connectivity index (χ0) is 13.8. The molecule has 0 aliphatic rings. The van der Waals surface area contributed by atoms with Crippen LogP contribution >= 0.6 is 11.3 Å². The lowest BCUT2D eigenvalue weighted by Gasteiger charge is -2.02. The molecule has 0 saturated carbocycles. The second kappa shape index (κ2) is 5.71. The van der Waals surface area contributed by atoms with E-state index in [-0.39, 0.29) is 0 Å². The maximum absolute atomic E-state index is 4.53. The minimum atomic E-state index is 0.867. The van der Waals surface area contributed by atoms with E-state index in [1.165, 1.54) is 0 Å². The number of benzene rings is 1. The molecule has 5 heteroatoms. The molecule has 0 bridgehead atoms. The fraction of sp³-hybridized carbons (Fsp3) is 0.0667. The highest BCUT2D eigenvalue weighted by atomic mass is 32.1. The van der Waals surface area contributed by atoms with E-state index in [4.69, 9.17) is 0 Å². The van der Waals surface area contributed by atoms with Gasteiger partial charge in [-0.3, -0.25) is 4.99 Å². The normalized spacial score (nSPS) is 12.3. The molecular formula is C15H14N4S. The predicted molar refractivity (Wildman–Crippen MR) is 83.0 cm³/mol. The smallest absolute Gasteiger partial charge is 0.205 e. The molecule has 4 nitrogen and oxygen atoms in total. The molecule has 0 fully saturated rings. The summed E-state index contributed by atoms with van der Waals surface area (Å²) in [6.07, 6.45) is 3.68. The quantitative estimate of drug-likeness (QED) is 0.718. The highest BCUT2D eigenvalue weighted by Crippen LogP contribution is 2.19. The summed E-state index contributed by atoms with van der Waals surface area (Å²) < 4.78 is 1.86. The molecule has 0 amide bonds. The number of rotatable bonds is 3. The molecule has 0 radical (unpaired) electrons. The van der Waals surface area contributed by atoms with Crippen LogP contribution < -0.4 is 4.80 Å². The number of thiazole rings is 1. The van der Waals surface area contributed by atoms with Gasteiger partial charge in [0, 0.05) is 24.2 Å². The fourth-order valence-corrected chi connectivity index (χ4v) is 2.72. The van der Waals surface area contributed by atoms with Crippen LogP contribution in [-0.2, 0) is 0 Å². The number of hydrogen-bond acceptors (Lipinski definition) is 3. The Morgan fingerprint density at radius 3 is 2.70 bits per heavy atom. The third-order valence-corrected chi connectivity index (χ3v) is 3.79. The first-order valence-electron chi connectivity index (χ1n) is 6.25. The summed E-state index contributed by atoms with van der Waals surface area (Å²) in [5.74, 6) is 0. The Hall–Kier alpha value is -2.40. The molecule has 1 aromatic carbocycles. The van der Waals surface area contributed by atoms with Crippen LogP contribution in [-0.4, -0.2) is 22.9 Å². The topological polar surface area (TPSA) is 45.4 Å². The van der Waals surface area contributed by atoms with Gasteiger partial charge in [-0.25, -0.2) is 4.68 Å². The maximum atomic E-state index is 4.53. The molecule has 0 aliphatic heterocycles. The van der Waals surface area contributed by atoms with E-state index in [0.717, 1.165) is 21.8 Å². The molecule has 0 saturated heterocycles. The standard InChI is InChI=1S/C15H14N4S/c1-16-15-19(18-10-13-8-5-9-17-13)14(11-20-15)12-6-3-2-4-7-12/h2-11,17H,1H3. The lowest BCUT2D eigenvalue weighted by atomic mass is 10.2. The largest absolute Gasteiger partial charge is 0.360 e. The molecule has 0 spiro atoms. The average molecular weight is 282 g/mol. The molecule has 2 aromatic heterocycles. The molecule has 0 unspecified atom stereocenters. The van der Waals surface area contributed by atoms with Crippen LogP contribution in [0.5, 0.6) is 0 Å². The van der Waals surface area contributed by atoms with Gasteiger partial charge in [0.1, 0.15) is 0 Å². The van der Waals surface area contributed by atoms with E-state index < -0.39 is 0 Å². The average Bonchev–Trinajstić information content (AvgIpc) is 3.15. The van der Waals surface area contributed by atoms with Crippen molar-refractivity contribution in [3.63, 3.8) is 0 Å². The van der Waals surface area contributed by atoms with Gasteiger partial charge < -0.3 is 4.98 Å². The van der Waals surface area contributed by atoms with Crippen molar-refractivity contribution < 1.29 is 0 Å². The molecule has 100 valence electrons. The second-order valence-corrected chi connectivity index (χ2v) is 5.01. The Balaban J connectivity index is 2.07. The summed E-state index contributed by atoms with van der Waals surface area (Å²) in [6.45, 7) is 0. The van der Waals surface area contributed by atoms with Gasteiger partial charge in [-0.1, -0.05) is 30.3 Å². The highest BCUT2D eigenvalue weighted by Gasteiger charge is 2.06. The van der Waals surface area contributed by atoms with Crippen molar-refractivity contribution in [3.05, 3.63) is 64.5 Å². The molecule has 20 heavy (non-hydrogen) atoms. The van der Waals surface area contributed by atoms with Crippen LogP contribution in [0.25, 0.3) is 11.3 Å². The van der Waals surface area contributed by atoms with E-state index in [0.29, 0.717) is 0 Å². The van der Waals surface area contributed by atoms with Crippen molar-refractivity contribution in [2.24, 2.45) is 10.1 Å². The fourth-order valence-electron chi connectivity index (χ4n) is 1.91. The Kier molecular flexibility index (Phi) is 3.60. The van der Waals surface area contributed by atoms with E-state index in [9.17, 15) is 0 Å². The van der Waals surface area contributed by atoms with Crippen molar-refractivity contribution in [3.8, 4) is 11.3 Å². The minimum Gasteiger partial charge on any atom is -0.360 e. The summed E-state index contributed by atoms with van der Waals surface area (Å²) in [6, 6.07) is 14.1. The number of hydrogen-bond donors (Lipinski definition) is 1. The predicted octanol–water partition coefficient (Wildman–Crippen LogP) is 2.96. The summed E-state index contributed by atoms with van der Waals surface area (Å²) >= 11 is 1.58. The minimum absolute atomic E-state index is 0.867. The lowest BCUT2D eigenvalue weighted by Crippen LogP contribution is -2.11. The van der Waals surface area contributed by atoms with Crippen molar-refractivity contribution in [2.75, 3.05) is 7.05 Å². The number of H-pyrrole nitrogens is 1. The summed E-state index contributed by atoms with van der Waals surface area (Å²) in [7, 11) is 1.78. The van der Waals surface area contributed by atoms with Gasteiger partial charge in [-0.05, 0) is 12.1 Å². The zero-order valence-electron chi connectivity index (χ0n) is 11.0. The van der Waals surface area contributed by atoms with Gasteiger partial charge in [0.05, 0.1) is 17.6 Å². The van der Waals surface area contributed by atoms with Crippen molar-refractivity contribution in [1.82, 2.24) is 9.66 Å². The van der Waals surface area contributed by atoms with E-state index in [1.807, 2.05) is 41.2 Å². The maximum Gasteiger partial charge on any atom is 0.205 e. The van der Waals surface area contributed by atoms with Gasteiger partial charge in [-0.15, -0.1) is 11.3 Å². The van der Waals surface area contributed by atoms with E-state index >= 15 is 0 Å². The Labute approximate surface area is 120 Å². The number of nitrogens with one attached hydrogen (secondary N) is 1. The van der Waals surface area contributed by atoms with Crippen LogP contribution in [0.3, 0.4) is 0 Å². The first-order chi connectivity index (χ1) is 9.88. The summed E-state index contributed by atoms with van der Waals surface area (Å²) in [4.78, 5) is 8.25. The zero-order valence-corrected chi connectivity index (χ0v) is 11.8. The Morgan fingerprint density at radius 1 is 1.15 bits per heavy atom. The molecular weight excluding hydrogens is 268 g/mol. The van der Waals surface area contributed by atoms with Gasteiger partial charge in [-0.2, -0.15) is 5.10 Å². The number of aromatic amines is 1. The van der Waals surface area contributed by atoms with Crippen molar-refractivity contribution in [2.45, 2.75) is 0 Å². The molecule has 0 atom stereocenters. The summed E-state index contributed by atoms with van der Waals surface area (Å²) in [5.41, 5.74) is 3.13. The number of aromatic nitrogens is 2. The van der Waals surface area contributed by atoms with Crippen LogP contribution in [0.1, 0.15) is 5.69 Å². The van der Waals surface area contributed by atoms with Crippen molar-refractivity contribution >= 4 is 17.6 Å². The van der Waals surface area contributed by atoms with Gasteiger partial charge in [0.2, 0.25) is 4.80 Å². The van der Waals surface area contributed by atoms with E-state index in [2.05, 4.69) is 32.6 Å². The molecule has 2 heterocycles.